The van der Waals surface area contributed by atoms with E-state index in [1.54, 1.807) is 6.07 Å². The van der Waals surface area contributed by atoms with Crippen LogP contribution in [0.1, 0.15) is 5.56 Å². The molecule has 2 nitrogen and oxygen atoms in total. The van der Waals surface area contributed by atoms with Crippen molar-refractivity contribution in [3.8, 4) is 11.3 Å². The van der Waals surface area contributed by atoms with E-state index in [2.05, 4.69) is 47.0 Å². The molecule has 24 heavy (non-hydrogen) atoms. The molecule has 0 radical (unpaired) electrons. The van der Waals surface area contributed by atoms with Crippen LogP contribution in [0, 0.1) is 0 Å². The summed E-state index contributed by atoms with van der Waals surface area (Å²) in [6.45, 7) is 0.849. The molecular formula is C21H17NOS. The van der Waals surface area contributed by atoms with Crippen molar-refractivity contribution in [2.45, 2.75) is 13.0 Å². The van der Waals surface area contributed by atoms with Gasteiger partial charge in [-0.1, -0.05) is 60.7 Å². The van der Waals surface area contributed by atoms with Gasteiger partial charge in [-0.05, 0) is 29.0 Å². The Kier molecular flexibility index (Phi) is 4.01. The monoisotopic (exact) mass is 331 g/mol. The van der Waals surface area contributed by atoms with E-state index in [0.29, 0.717) is 0 Å². The third-order valence-electron chi connectivity index (χ3n) is 4.25. The van der Waals surface area contributed by atoms with Crippen molar-refractivity contribution in [3.63, 3.8) is 0 Å². The maximum atomic E-state index is 12.5. The van der Waals surface area contributed by atoms with Crippen molar-refractivity contribution in [2.75, 3.05) is 0 Å². The van der Waals surface area contributed by atoms with E-state index >= 15 is 0 Å². The SMILES string of the molecule is O=c1cc(-c2ccccc2)n(CCc2ccccc2)c2ccsc12. The van der Waals surface area contributed by atoms with E-state index in [1.165, 1.54) is 16.9 Å². The molecule has 0 saturated heterocycles. The van der Waals surface area contributed by atoms with Crippen LogP contribution >= 0.6 is 11.3 Å². The molecule has 4 aromatic rings. The highest BCUT2D eigenvalue weighted by Gasteiger charge is 2.11. The highest BCUT2D eigenvalue weighted by molar-refractivity contribution is 7.17. The number of aromatic nitrogens is 1. The van der Waals surface area contributed by atoms with Crippen LogP contribution in [0.25, 0.3) is 21.5 Å². The summed E-state index contributed by atoms with van der Waals surface area (Å²) in [6.07, 6.45) is 0.939. The number of pyridine rings is 1. The molecule has 0 unspecified atom stereocenters. The topological polar surface area (TPSA) is 22.0 Å². The second kappa shape index (κ2) is 6.46. The van der Waals surface area contributed by atoms with Gasteiger partial charge in [0.15, 0.2) is 5.43 Å². The number of benzene rings is 2. The first-order valence-electron chi connectivity index (χ1n) is 8.03. The molecule has 0 fully saturated rings. The van der Waals surface area contributed by atoms with Gasteiger partial charge < -0.3 is 4.57 Å². The fourth-order valence-electron chi connectivity index (χ4n) is 3.07. The minimum absolute atomic E-state index is 0.106. The molecule has 0 spiro atoms. The number of hydrogen-bond donors (Lipinski definition) is 0. The Labute approximate surface area is 144 Å². The molecule has 2 aromatic carbocycles. The zero-order chi connectivity index (χ0) is 16.4. The van der Waals surface area contributed by atoms with Gasteiger partial charge in [0.2, 0.25) is 0 Å². The molecule has 0 saturated carbocycles. The molecule has 0 amide bonds. The second-order valence-electron chi connectivity index (χ2n) is 5.78. The van der Waals surface area contributed by atoms with Crippen LogP contribution < -0.4 is 5.43 Å². The molecule has 0 aliphatic heterocycles. The van der Waals surface area contributed by atoms with E-state index in [9.17, 15) is 4.79 Å². The maximum Gasteiger partial charge on any atom is 0.199 e. The van der Waals surface area contributed by atoms with Crippen molar-refractivity contribution in [3.05, 3.63) is 94.0 Å². The molecule has 0 aliphatic rings. The van der Waals surface area contributed by atoms with E-state index < -0.39 is 0 Å². The van der Waals surface area contributed by atoms with Gasteiger partial charge in [-0.3, -0.25) is 4.79 Å². The predicted molar refractivity (Wildman–Crippen MR) is 102 cm³/mol. The standard InChI is InChI=1S/C21H17NOS/c23-20-15-19(17-9-5-2-6-10-17)22(18-12-14-24-21(18)20)13-11-16-7-3-1-4-8-16/h1-10,12,14-15H,11,13H2. The maximum absolute atomic E-state index is 12.5. The Morgan fingerprint density at radius 1 is 0.875 bits per heavy atom. The van der Waals surface area contributed by atoms with Crippen LogP contribution in [0.15, 0.2) is 83.0 Å². The average molecular weight is 331 g/mol. The van der Waals surface area contributed by atoms with Gasteiger partial charge in [0.05, 0.1) is 15.9 Å². The quantitative estimate of drug-likeness (QED) is 0.517. The molecule has 118 valence electrons. The van der Waals surface area contributed by atoms with E-state index in [1.807, 2.05) is 29.6 Å². The van der Waals surface area contributed by atoms with Crippen LogP contribution in [0.2, 0.25) is 0 Å². The van der Waals surface area contributed by atoms with Gasteiger partial charge in [-0.2, -0.15) is 0 Å². The fraction of sp³-hybridized carbons (Fsp3) is 0.0952. The number of rotatable bonds is 4. The number of aryl methyl sites for hydroxylation is 2. The molecule has 0 N–H and O–H groups in total. The molecule has 2 heterocycles. The first-order chi connectivity index (χ1) is 11.8. The number of hydrogen-bond acceptors (Lipinski definition) is 2. The van der Waals surface area contributed by atoms with Crippen molar-refractivity contribution in [1.82, 2.24) is 4.57 Å². The van der Waals surface area contributed by atoms with E-state index in [-0.39, 0.29) is 5.43 Å². The van der Waals surface area contributed by atoms with Crippen molar-refractivity contribution in [2.24, 2.45) is 0 Å². The molecule has 4 rings (SSSR count). The van der Waals surface area contributed by atoms with Gasteiger partial charge in [-0.25, -0.2) is 0 Å². The smallest absolute Gasteiger partial charge is 0.199 e. The Morgan fingerprint density at radius 3 is 2.33 bits per heavy atom. The summed E-state index contributed by atoms with van der Waals surface area (Å²) in [7, 11) is 0. The summed E-state index contributed by atoms with van der Waals surface area (Å²) in [6, 6.07) is 24.5. The Bertz CT molecular complexity index is 1020. The van der Waals surface area contributed by atoms with Gasteiger partial charge in [-0.15, -0.1) is 11.3 Å². The lowest BCUT2D eigenvalue weighted by Crippen LogP contribution is -2.11. The van der Waals surface area contributed by atoms with E-state index in [0.717, 1.165) is 34.4 Å². The summed E-state index contributed by atoms with van der Waals surface area (Å²) in [5.74, 6) is 0. The second-order valence-corrected chi connectivity index (χ2v) is 6.70. The average Bonchev–Trinajstić information content (AvgIpc) is 3.13. The summed E-state index contributed by atoms with van der Waals surface area (Å²) < 4.78 is 3.11. The zero-order valence-corrected chi connectivity index (χ0v) is 14.0. The van der Waals surface area contributed by atoms with Crippen LogP contribution in [0.3, 0.4) is 0 Å². The number of nitrogens with zero attached hydrogens (tertiary/aromatic N) is 1. The molecule has 0 aliphatic carbocycles. The molecular weight excluding hydrogens is 314 g/mol. The highest BCUT2D eigenvalue weighted by Crippen LogP contribution is 2.25. The normalized spacial score (nSPS) is 11.0. The lowest BCUT2D eigenvalue weighted by Gasteiger charge is -2.15. The minimum Gasteiger partial charge on any atom is -0.339 e. The minimum atomic E-state index is 0.106. The third-order valence-corrected chi connectivity index (χ3v) is 5.17. The highest BCUT2D eigenvalue weighted by atomic mass is 32.1. The van der Waals surface area contributed by atoms with Crippen molar-refractivity contribution in [1.29, 1.82) is 0 Å². The van der Waals surface area contributed by atoms with Crippen LogP contribution in [0.4, 0.5) is 0 Å². The Hall–Kier alpha value is -2.65. The fourth-order valence-corrected chi connectivity index (χ4v) is 3.88. The third kappa shape index (κ3) is 2.79. The largest absolute Gasteiger partial charge is 0.339 e. The van der Waals surface area contributed by atoms with E-state index in [4.69, 9.17) is 0 Å². The number of fused-ring (bicyclic) bond motifs is 1. The lowest BCUT2D eigenvalue weighted by molar-refractivity contribution is 0.724. The first-order valence-corrected chi connectivity index (χ1v) is 8.91. The van der Waals surface area contributed by atoms with Crippen molar-refractivity contribution < 1.29 is 0 Å². The predicted octanol–water partition coefficient (Wildman–Crippen LogP) is 4.97. The summed E-state index contributed by atoms with van der Waals surface area (Å²) in [5, 5.41) is 2.00. The summed E-state index contributed by atoms with van der Waals surface area (Å²) in [5.41, 5.74) is 4.51. The van der Waals surface area contributed by atoms with Crippen LogP contribution in [-0.2, 0) is 13.0 Å². The Morgan fingerprint density at radius 2 is 1.58 bits per heavy atom. The molecule has 2 aromatic heterocycles. The summed E-state index contributed by atoms with van der Waals surface area (Å²) >= 11 is 1.52. The zero-order valence-electron chi connectivity index (χ0n) is 13.2. The van der Waals surface area contributed by atoms with Gasteiger partial charge in [0.1, 0.15) is 0 Å². The lowest BCUT2D eigenvalue weighted by atomic mass is 10.1. The van der Waals surface area contributed by atoms with Gasteiger partial charge in [0, 0.05) is 12.6 Å². The Balaban J connectivity index is 1.84. The van der Waals surface area contributed by atoms with Crippen LogP contribution in [0.5, 0.6) is 0 Å². The molecule has 3 heteroatoms. The number of thiophene rings is 1. The van der Waals surface area contributed by atoms with Gasteiger partial charge in [0.25, 0.3) is 0 Å². The molecule has 0 bridgehead atoms. The molecule has 0 atom stereocenters. The first kappa shape index (κ1) is 14.9. The van der Waals surface area contributed by atoms with Crippen molar-refractivity contribution >= 4 is 21.6 Å². The summed E-state index contributed by atoms with van der Waals surface area (Å²) in [4.78, 5) is 12.5. The van der Waals surface area contributed by atoms with Crippen LogP contribution in [-0.4, -0.2) is 4.57 Å². The van der Waals surface area contributed by atoms with Gasteiger partial charge >= 0.3 is 0 Å².